The van der Waals surface area contributed by atoms with Crippen molar-refractivity contribution >= 4 is 34.8 Å². The van der Waals surface area contributed by atoms with E-state index in [4.69, 9.17) is 44.3 Å². The minimum atomic E-state index is -0.881. The van der Waals surface area contributed by atoms with E-state index in [0.29, 0.717) is 17.1 Å². The van der Waals surface area contributed by atoms with Crippen molar-refractivity contribution in [2.24, 2.45) is 0 Å². The molecule has 1 aromatic heterocycles. The van der Waals surface area contributed by atoms with Gasteiger partial charge in [-0.05, 0) is 12.1 Å². The van der Waals surface area contributed by atoms with Crippen LogP contribution in [0.4, 0.5) is 4.39 Å². The fourth-order valence-electron chi connectivity index (χ4n) is 1.58. The molecule has 0 fully saturated rings. The molecule has 0 radical (unpaired) electrons. The summed E-state index contributed by atoms with van der Waals surface area (Å²) in [5.74, 6) is -0.0339. The van der Waals surface area contributed by atoms with Gasteiger partial charge in [0.05, 0.1) is 19.2 Å². The number of hydrogen-bond donors (Lipinski definition) is 0. The number of ether oxygens (including phenoxy) is 2. The van der Waals surface area contributed by atoms with Crippen LogP contribution in [0, 0.1) is 5.82 Å². The van der Waals surface area contributed by atoms with Crippen molar-refractivity contribution in [2.75, 3.05) is 14.2 Å². The lowest BCUT2D eigenvalue weighted by atomic mass is 10.2. The van der Waals surface area contributed by atoms with Crippen LogP contribution in [0.25, 0.3) is 11.4 Å². The van der Waals surface area contributed by atoms with Crippen LogP contribution in [0.5, 0.6) is 11.5 Å². The van der Waals surface area contributed by atoms with Gasteiger partial charge in [0.1, 0.15) is 0 Å². The number of nitrogens with zero attached hydrogens (tertiary/aromatic N) is 2. The van der Waals surface area contributed by atoms with Gasteiger partial charge in [-0.25, -0.2) is 14.4 Å². The molecule has 1 aromatic carbocycles. The van der Waals surface area contributed by atoms with E-state index in [-0.39, 0.29) is 21.2 Å². The Bertz CT molecular complexity index is 644. The van der Waals surface area contributed by atoms with Crippen LogP contribution in [0.15, 0.2) is 12.1 Å². The Morgan fingerprint density at radius 2 is 1.60 bits per heavy atom. The molecule has 4 nitrogen and oxygen atoms in total. The van der Waals surface area contributed by atoms with Crippen molar-refractivity contribution in [3.63, 3.8) is 0 Å². The van der Waals surface area contributed by atoms with Gasteiger partial charge < -0.3 is 9.47 Å². The zero-order valence-corrected chi connectivity index (χ0v) is 12.6. The van der Waals surface area contributed by atoms with Gasteiger partial charge in [-0.1, -0.05) is 34.8 Å². The fraction of sp³-hybridized carbons (Fsp3) is 0.167. The third-order valence-corrected chi connectivity index (χ3v) is 3.37. The van der Waals surface area contributed by atoms with E-state index >= 15 is 0 Å². The van der Waals surface area contributed by atoms with Crippen LogP contribution >= 0.6 is 34.8 Å². The van der Waals surface area contributed by atoms with Crippen LogP contribution in [0.1, 0.15) is 0 Å². The smallest absolute Gasteiger partial charge is 0.197 e. The molecule has 0 amide bonds. The van der Waals surface area contributed by atoms with Gasteiger partial charge in [0.15, 0.2) is 33.4 Å². The lowest BCUT2D eigenvalue weighted by Crippen LogP contribution is -1.97. The summed E-state index contributed by atoms with van der Waals surface area (Å²) in [4.78, 5) is 7.62. The summed E-state index contributed by atoms with van der Waals surface area (Å²) in [6, 6.07) is 3.22. The monoisotopic (exact) mass is 336 g/mol. The molecular formula is C12H8Cl3FN2O2. The van der Waals surface area contributed by atoms with Crippen molar-refractivity contribution in [3.8, 4) is 22.9 Å². The van der Waals surface area contributed by atoms with E-state index in [9.17, 15) is 4.39 Å². The van der Waals surface area contributed by atoms with Gasteiger partial charge in [0, 0.05) is 5.56 Å². The zero-order valence-electron chi connectivity index (χ0n) is 10.4. The zero-order chi connectivity index (χ0) is 14.9. The van der Waals surface area contributed by atoms with E-state index in [1.165, 1.54) is 14.2 Å². The normalized spacial score (nSPS) is 10.5. The predicted octanol–water partition coefficient (Wildman–Crippen LogP) is 4.26. The molecule has 0 saturated carbocycles. The third-order valence-electron chi connectivity index (χ3n) is 2.50. The first-order valence-corrected chi connectivity index (χ1v) is 6.42. The molecule has 20 heavy (non-hydrogen) atoms. The molecule has 0 aliphatic carbocycles. The highest BCUT2D eigenvalue weighted by Gasteiger charge is 2.19. The molecule has 106 valence electrons. The Morgan fingerprint density at radius 3 is 2.10 bits per heavy atom. The van der Waals surface area contributed by atoms with Gasteiger partial charge in [-0.3, -0.25) is 0 Å². The van der Waals surface area contributed by atoms with Gasteiger partial charge in [-0.2, -0.15) is 0 Å². The molecule has 0 saturated heterocycles. The molecule has 0 unspecified atom stereocenters. The average Bonchev–Trinajstić information content (AvgIpc) is 2.43. The molecule has 0 atom stereocenters. The number of halogens is 4. The van der Waals surface area contributed by atoms with Crippen molar-refractivity contribution in [1.29, 1.82) is 0 Å². The first-order valence-electron chi connectivity index (χ1n) is 5.29. The van der Waals surface area contributed by atoms with Gasteiger partial charge in [0.25, 0.3) is 0 Å². The molecule has 1 heterocycles. The fourth-order valence-corrected chi connectivity index (χ4v) is 2.28. The van der Waals surface area contributed by atoms with Crippen molar-refractivity contribution < 1.29 is 13.9 Å². The topological polar surface area (TPSA) is 44.2 Å². The molecule has 2 aromatic rings. The summed E-state index contributed by atoms with van der Waals surface area (Å²) in [5, 5.41) is -0.553. The first kappa shape index (κ1) is 15.1. The second-order valence-electron chi connectivity index (χ2n) is 3.61. The predicted molar refractivity (Wildman–Crippen MR) is 75.6 cm³/mol. The average molecular weight is 338 g/mol. The van der Waals surface area contributed by atoms with Gasteiger partial charge in [0.2, 0.25) is 0 Å². The minimum Gasteiger partial charge on any atom is -0.493 e. The van der Waals surface area contributed by atoms with Crippen LogP contribution in [0.3, 0.4) is 0 Å². The Kier molecular flexibility index (Phi) is 4.52. The van der Waals surface area contributed by atoms with Crippen LogP contribution in [-0.2, 0) is 0 Å². The van der Waals surface area contributed by atoms with E-state index in [0.717, 1.165) is 0 Å². The number of methoxy groups -OCH3 is 2. The molecule has 0 bridgehead atoms. The first-order chi connectivity index (χ1) is 9.49. The second kappa shape index (κ2) is 5.99. The lowest BCUT2D eigenvalue weighted by molar-refractivity contribution is 0.355. The molecule has 2 rings (SSSR count). The quantitative estimate of drug-likeness (QED) is 0.785. The highest BCUT2D eigenvalue weighted by Crippen LogP contribution is 2.41. The molecule has 0 aliphatic heterocycles. The summed E-state index contributed by atoms with van der Waals surface area (Å²) >= 11 is 17.5. The molecule has 0 aliphatic rings. The summed E-state index contributed by atoms with van der Waals surface area (Å²) in [6.45, 7) is 0. The molecule has 0 spiro atoms. The van der Waals surface area contributed by atoms with Crippen molar-refractivity contribution in [1.82, 2.24) is 9.97 Å². The standard InChI is InChI=1S/C12H8Cl3FN2O2/c1-19-6-4-3-5(7(13)9(6)20-2)12-17-10(14)8(16)11(15)18-12/h3-4H,1-2H3. The Hall–Kier alpha value is -1.30. The molecular weight excluding hydrogens is 330 g/mol. The second-order valence-corrected chi connectivity index (χ2v) is 4.70. The van der Waals surface area contributed by atoms with E-state index in [2.05, 4.69) is 9.97 Å². The maximum absolute atomic E-state index is 13.3. The number of hydrogen-bond acceptors (Lipinski definition) is 4. The number of benzene rings is 1. The maximum atomic E-state index is 13.3. The van der Waals surface area contributed by atoms with Crippen LogP contribution in [0.2, 0.25) is 15.3 Å². The largest absolute Gasteiger partial charge is 0.493 e. The Morgan fingerprint density at radius 1 is 1.00 bits per heavy atom. The van der Waals surface area contributed by atoms with Crippen LogP contribution in [-0.4, -0.2) is 24.2 Å². The van der Waals surface area contributed by atoms with Crippen molar-refractivity contribution in [2.45, 2.75) is 0 Å². The number of aromatic nitrogens is 2. The molecule has 0 N–H and O–H groups in total. The van der Waals surface area contributed by atoms with E-state index in [1.807, 2.05) is 0 Å². The summed E-state index contributed by atoms with van der Waals surface area (Å²) in [6.07, 6.45) is 0. The van der Waals surface area contributed by atoms with Crippen LogP contribution < -0.4 is 9.47 Å². The lowest BCUT2D eigenvalue weighted by Gasteiger charge is -2.12. The third kappa shape index (κ3) is 2.61. The summed E-state index contributed by atoms with van der Waals surface area (Å²) in [7, 11) is 2.93. The minimum absolute atomic E-state index is 0.0901. The van der Waals surface area contributed by atoms with Crippen molar-refractivity contribution in [3.05, 3.63) is 33.3 Å². The van der Waals surface area contributed by atoms with Gasteiger partial charge in [-0.15, -0.1) is 0 Å². The SMILES string of the molecule is COc1ccc(-c2nc(Cl)c(F)c(Cl)n2)c(Cl)c1OC. The number of rotatable bonds is 3. The highest BCUT2D eigenvalue weighted by molar-refractivity contribution is 6.35. The Labute approximate surface area is 129 Å². The maximum Gasteiger partial charge on any atom is 0.197 e. The molecule has 8 heteroatoms. The van der Waals surface area contributed by atoms with E-state index < -0.39 is 5.82 Å². The highest BCUT2D eigenvalue weighted by atomic mass is 35.5. The van der Waals surface area contributed by atoms with Gasteiger partial charge >= 0.3 is 0 Å². The summed E-state index contributed by atoms with van der Waals surface area (Å²) < 4.78 is 23.6. The Balaban J connectivity index is 2.65. The summed E-state index contributed by atoms with van der Waals surface area (Å²) in [5.41, 5.74) is 0.396. The van der Waals surface area contributed by atoms with E-state index in [1.54, 1.807) is 12.1 Å².